The summed E-state index contributed by atoms with van der Waals surface area (Å²) in [7, 11) is 0. The molecule has 0 aliphatic heterocycles. The second kappa shape index (κ2) is 6.95. The zero-order valence-electron chi connectivity index (χ0n) is 7.88. The normalized spacial score (nSPS) is 12.5. The predicted octanol–water partition coefficient (Wildman–Crippen LogP) is 2.90. The Balaban J connectivity index is 3.45. The molecule has 0 saturated heterocycles. The van der Waals surface area contributed by atoms with Crippen LogP contribution < -0.4 is 0 Å². The van der Waals surface area contributed by atoms with Gasteiger partial charge in [0.15, 0.2) is 0 Å². The number of unbranched alkanes of at least 4 members (excludes halogenated alkanes) is 1. The van der Waals surface area contributed by atoms with Gasteiger partial charge < -0.3 is 9.84 Å². The molecule has 1 unspecified atom stereocenters. The van der Waals surface area contributed by atoms with Gasteiger partial charge in [-0.3, -0.25) is 0 Å². The minimum Gasteiger partial charge on any atom is -0.450 e. The maximum absolute atomic E-state index is 10.1. The summed E-state index contributed by atoms with van der Waals surface area (Å²) in [6, 6.07) is 0. The highest BCUT2D eigenvalue weighted by atomic mass is 16.7. The average Bonchev–Trinajstić information content (AvgIpc) is 2.05. The highest BCUT2D eigenvalue weighted by molar-refractivity contribution is 5.56. The lowest BCUT2D eigenvalue weighted by Gasteiger charge is -2.12. The van der Waals surface area contributed by atoms with Crippen LogP contribution in [0.25, 0.3) is 0 Å². The minimum absolute atomic E-state index is 0.353. The molecule has 0 aliphatic carbocycles. The van der Waals surface area contributed by atoms with Crippen molar-refractivity contribution in [2.75, 3.05) is 6.61 Å². The van der Waals surface area contributed by atoms with Crippen LogP contribution in [-0.2, 0) is 4.74 Å². The first kappa shape index (κ1) is 11.3. The number of rotatable bonds is 6. The molecule has 0 spiro atoms. The van der Waals surface area contributed by atoms with E-state index in [2.05, 4.69) is 18.6 Å². The van der Waals surface area contributed by atoms with Crippen LogP contribution in [0.2, 0.25) is 0 Å². The van der Waals surface area contributed by atoms with Gasteiger partial charge in [0.2, 0.25) is 0 Å². The van der Waals surface area contributed by atoms with Gasteiger partial charge in [0, 0.05) is 0 Å². The number of ether oxygens (including phenoxy) is 1. The van der Waals surface area contributed by atoms with Gasteiger partial charge in [0.05, 0.1) is 6.61 Å². The largest absolute Gasteiger partial charge is 0.505 e. The van der Waals surface area contributed by atoms with Crippen molar-refractivity contribution >= 4 is 6.16 Å². The highest BCUT2D eigenvalue weighted by Crippen LogP contribution is 2.12. The molecular weight excluding hydrogens is 156 g/mol. The molecule has 0 bridgehead atoms. The van der Waals surface area contributed by atoms with E-state index in [1.165, 1.54) is 0 Å². The van der Waals surface area contributed by atoms with Gasteiger partial charge in [-0.2, -0.15) is 0 Å². The van der Waals surface area contributed by atoms with Crippen LogP contribution in [0.3, 0.4) is 0 Å². The standard InChI is InChI=1S/C9H18O3/c1-3-5-6-8(4-2)7-12-9(10)11/h8H,3-7H2,1-2H3,(H,10,11). The van der Waals surface area contributed by atoms with E-state index >= 15 is 0 Å². The monoisotopic (exact) mass is 174 g/mol. The fourth-order valence-corrected chi connectivity index (χ4v) is 1.09. The molecule has 0 radical (unpaired) electrons. The first-order valence-electron chi connectivity index (χ1n) is 4.56. The maximum atomic E-state index is 10.1. The van der Waals surface area contributed by atoms with Crippen LogP contribution in [0.1, 0.15) is 39.5 Å². The van der Waals surface area contributed by atoms with E-state index in [1.54, 1.807) is 0 Å². The van der Waals surface area contributed by atoms with Crippen molar-refractivity contribution in [3.8, 4) is 0 Å². The molecule has 3 nitrogen and oxygen atoms in total. The van der Waals surface area contributed by atoms with Crippen LogP contribution in [0.15, 0.2) is 0 Å². The molecule has 0 rings (SSSR count). The van der Waals surface area contributed by atoms with E-state index in [0.29, 0.717) is 12.5 Å². The molecule has 72 valence electrons. The van der Waals surface area contributed by atoms with Crippen molar-refractivity contribution in [3.63, 3.8) is 0 Å². The molecule has 0 fully saturated rings. The third-order valence-corrected chi connectivity index (χ3v) is 1.99. The minimum atomic E-state index is -1.16. The molecule has 0 saturated carbocycles. The Morgan fingerprint density at radius 2 is 2.17 bits per heavy atom. The van der Waals surface area contributed by atoms with Gasteiger partial charge in [0.25, 0.3) is 0 Å². The lowest BCUT2D eigenvalue weighted by Crippen LogP contribution is -2.11. The predicted molar refractivity (Wildman–Crippen MR) is 47.3 cm³/mol. The van der Waals surface area contributed by atoms with E-state index in [1.807, 2.05) is 0 Å². The van der Waals surface area contributed by atoms with Crippen molar-refractivity contribution in [2.45, 2.75) is 39.5 Å². The fraction of sp³-hybridized carbons (Fsp3) is 0.889. The summed E-state index contributed by atoms with van der Waals surface area (Å²) >= 11 is 0. The third-order valence-electron chi connectivity index (χ3n) is 1.99. The Kier molecular flexibility index (Phi) is 6.53. The highest BCUT2D eigenvalue weighted by Gasteiger charge is 2.07. The molecule has 0 aromatic rings. The molecule has 0 aromatic carbocycles. The molecule has 0 aliphatic rings. The molecule has 12 heavy (non-hydrogen) atoms. The molecule has 0 amide bonds. The number of hydrogen-bond donors (Lipinski definition) is 1. The first-order chi connectivity index (χ1) is 5.70. The summed E-state index contributed by atoms with van der Waals surface area (Å²) < 4.78 is 4.51. The van der Waals surface area contributed by atoms with E-state index < -0.39 is 6.16 Å². The summed E-state index contributed by atoms with van der Waals surface area (Å²) in [6.07, 6.45) is 3.21. The summed E-state index contributed by atoms with van der Waals surface area (Å²) in [5.74, 6) is 0.404. The lowest BCUT2D eigenvalue weighted by atomic mass is 10.0. The van der Waals surface area contributed by atoms with Gasteiger partial charge >= 0.3 is 6.16 Å². The van der Waals surface area contributed by atoms with Gasteiger partial charge in [0.1, 0.15) is 0 Å². The Morgan fingerprint density at radius 1 is 1.50 bits per heavy atom. The molecule has 1 N–H and O–H groups in total. The number of carboxylic acid groups (broad SMARTS) is 1. The van der Waals surface area contributed by atoms with Crippen LogP contribution >= 0.6 is 0 Å². The molecular formula is C9H18O3. The van der Waals surface area contributed by atoms with Crippen molar-refractivity contribution in [3.05, 3.63) is 0 Å². The Bertz CT molecular complexity index is 123. The van der Waals surface area contributed by atoms with Crippen molar-refractivity contribution in [1.29, 1.82) is 0 Å². The first-order valence-corrected chi connectivity index (χ1v) is 4.56. The fourth-order valence-electron chi connectivity index (χ4n) is 1.09. The quantitative estimate of drug-likeness (QED) is 0.630. The number of hydrogen-bond acceptors (Lipinski definition) is 2. The van der Waals surface area contributed by atoms with E-state index in [4.69, 9.17) is 5.11 Å². The van der Waals surface area contributed by atoms with Crippen LogP contribution in [0.4, 0.5) is 4.79 Å². The van der Waals surface area contributed by atoms with Gasteiger partial charge in [-0.05, 0) is 12.3 Å². The zero-order valence-corrected chi connectivity index (χ0v) is 7.88. The average molecular weight is 174 g/mol. The third kappa shape index (κ3) is 6.01. The van der Waals surface area contributed by atoms with Crippen molar-refractivity contribution < 1.29 is 14.6 Å². The smallest absolute Gasteiger partial charge is 0.450 e. The van der Waals surface area contributed by atoms with Gasteiger partial charge in [-0.25, -0.2) is 4.79 Å². The van der Waals surface area contributed by atoms with E-state index in [-0.39, 0.29) is 0 Å². The molecule has 3 heteroatoms. The van der Waals surface area contributed by atoms with Crippen molar-refractivity contribution in [1.82, 2.24) is 0 Å². The lowest BCUT2D eigenvalue weighted by molar-refractivity contribution is 0.0744. The topological polar surface area (TPSA) is 46.5 Å². The van der Waals surface area contributed by atoms with Crippen LogP contribution in [-0.4, -0.2) is 17.9 Å². The van der Waals surface area contributed by atoms with Gasteiger partial charge in [-0.15, -0.1) is 0 Å². The Labute approximate surface area is 73.7 Å². The Hall–Kier alpha value is -0.730. The molecule has 0 aromatic heterocycles. The SMILES string of the molecule is CCCCC(CC)COC(=O)O. The summed E-state index contributed by atoms with van der Waals surface area (Å²) in [4.78, 5) is 10.1. The zero-order chi connectivity index (χ0) is 9.40. The van der Waals surface area contributed by atoms with E-state index in [0.717, 1.165) is 25.7 Å². The summed E-state index contributed by atoms with van der Waals surface area (Å²) in [5, 5.41) is 8.26. The Morgan fingerprint density at radius 3 is 2.58 bits per heavy atom. The van der Waals surface area contributed by atoms with E-state index in [9.17, 15) is 4.79 Å². The number of carbonyl (C=O) groups is 1. The summed E-state index contributed by atoms with van der Waals surface area (Å²) in [5.41, 5.74) is 0. The summed E-state index contributed by atoms with van der Waals surface area (Å²) in [6.45, 7) is 4.54. The van der Waals surface area contributed by atoms with Crippen LogP contribution in [0.5, 0.6) is 0 Å². The second-order valence-electron chi connectivity index (χ2n) is 2.99. The molecule has 1 atom stereocenters. The van der Waals surface area contributed by atoms with Crippen LogP contribution in [0, 0.1) is 5.92 Å². The second-order valence-corrected chi connectivity index (χ2v) is 2.99. The van der Waals surface area contributed by atoms with Crippen molar-refractivity contribution in [2.24, 2.45) is 5.92 Å². The maximum Gasteiger partial charge on any atom is 0.505 e. The molecule has 0 heterocycles. The van der Waals surface area contributed by atoms with Gasteiger partial charge in [-0.1, -0.05) is 33.1 Å².